The summed E-state index contributed by atoms with van der Waals surface area (Å²) in [6.07, 6.45) is 1.20. The highest BCUT2D eigenvalue weighted by atomic mass is 32.2. The Kier molecular flexibility index (Phi) is 6.47. The number of hydrogen-bond donors (Lipinski definition) is 1. The van der Waals surface area contributed by atoms with E-state index in [0.29, 0.717) is 11.3 Å². The van der Waals surface area contributed by atoms with Gasteiger partial charge in [-0.05, 0) is 42.1 Å². The fourth-order valence-corrected chi connectivity index (χ4v) is 3.17. The van der Waals surface area contributed by atoms with E-state index in [0.717, 1.165) is 6.54 Å². The Morgan fingerprint density at radius 3 is 2.69 bits per heavy atom. The van der Waals surface area contributed by atoms with Crippen molar-refractivity contribution in [3.63, 3.8) is 0 Å². The summed E-state index contributed by atoms with van der Waals surface area (Å²) in [4.78, 5) is 1.41. The van der Waals surface area contributed by atoms with Crippen LogP contribution in [0.2, 0.25) is 0 Å². The lowest BCUT2D eigenvalue weighted by atomic mass is 10.1. The Balaban J connectivity index is 2.55. The predicted octanol–water partition coefficient (Wildman–Crippen LogP) is 4.24. The molecule has 1 atom stereocenters. The molecule has 1 aromatic rings. The van der Waals surface area contributed by atoms with Gasteiger partial charge in [0.05, 0.1) is 0 Å². The molecule has 0 saturated carbocycles. The first-order valence-corrected chi connectivity index (χ1v) is 7.96. The molecule has 0 aromatic carbocycles. The second kappa shape index (κ2) is 7.36. The van der Waals surface area contributed by atoms with Gasteiger partial charge in [-0.3, -0.25) is 0 Å². The van der Waals surface area contributed by atoms with E-state index in [4.69, 9.17) is 0 Å². The maximum absolute atomic E-state index is 3.64. The highest BCUT2D eigenvalue weighted by Gasteiger charge is 2.12. The summed E-state index contributed by atoms with van der Waals surface area (Å²) < 4.78 is 0. The predicted molar refractivity (Wildman–Crippen MR) is 77.7 cm³/mol. The van der Waals surface area contributed by atoms with Crippen molar-refractivity contribution < 1.29 is 0 Å². The molecule has 1 aromatic heterocycles. The third-order valence-electron chi connectivity index (χ3n) is 2.39. The summed E-state index contributed by atoms with van der Waals surface area (Å²) in [7, 11) is 0. The van der Waals surface area contributed by atoms with Gasteiger partial charge in [0.15, 0.2) is 0 Å². The van der Waals surface area contributed by atoms with Crippen LogP contribution in [-0.2, 0) is 0 Å². The van der Waals surface area contributed by atoms with Gasteiger partial charge in [0, 0.05) is 16.7 Å². The monoisotopic (exact) mass is 257 g/mol. The molecule has 0 bridgehead atoms. The SMILES string of the molecule is CCCNC(CSC(C)C)c1csc(C)c1. The third-order valence-corrected chi connectivity index (χ3v) is 4.46. The fraction of sp³-hybridized carbons (Fsp3) is 0.692. The lowest BCUT2D eigenvalue weighted by Crippen LogP contribution is -2.24. The van der Waals surface area contributed by atoms with E-state index < -0.39 is 0 Å². The normalized spacial score (nSPS) is 13.3. The molecule has 3 heteroatoms. The van der Waals surface area contributed by atoms with Crippen LogP contribution in [0.5, 0.6) is 0 Å². The summed E-state index contributed by atoms with van der Waals surface area (Å²) in [5.41, 5.74) is 1.46. The highest BCUT2D eigenvalue weighted by Crippen LogP contribution is 2.25. The lowest BCUT2D eigenvalue weighted by molar-refractivity contribution is 0.578. The highest BCUT2D eigenvalue weighted by molar-refractivity contribution is 7.99. The van der Waals surface area contributed by atoms with Crippen molar-refractivity contribution in [1.82, 2.24) is 5.32 Å². The first-order valence-electron chi connectivity index (χ1n) is 6.03. The van der Waals surface area contributed by atoms with Crippen molar-refractivity contribution in [2.75, 3.05) is 12.3 Å². The zero-order valence-electron chi connectivity index (χ0n) is 10.7. The van der Waals surface area contributed by atoms with E-state index in [-0.39, 0.29) is 0 Å². The van der Waals surface area contributed by atoms with Crippen LogP contribution in [0.25, 0.3) is 0 Å². The minimum atomic E-state index is 0.525. The molecule has 0 aliphatic carbocycles. The standard InChI is InChI=1S/C13H23NS2/c1-5-6-14-13(9-15-10(2)3)12-7-11(4)16-8-12/h7-8,10,13-14H,5-6,9H2,1-4H3. The average molecular weight is 257 g/mol. The molecule has 1 rings (SSSR count). The number of thiophene rings is 1. The average Bonchev–Trinajstić information content (AvgIpc) is 2.64. The maximum atomic E-state index is 3.64. The molecular weight excluding hydrogens is 234 g/mol. The Hall–Kier alpha value is 0.0100. The first kappa shape index (κ1) is 14.1. The quantitative estimate of drug-likeness (QED) is 0.784. The molecule has 0 amide bonds. The molecule has 1 nitrogen and oxygen atoms in total. The van der Waals surface area contributed by atoms with Crippen LogP contribution >= 0.6 is 23.1 Å². The molecule has 92 valence electrons. The van der Waals surface area contributed by atoms with Crippen LogP contribution in [0.1, 0.15) is 43.7 Å². The Labute approximate surface area is 108 Å². The van der Waals surface area contributed by atoms with Crippen molar-refractivity contribution in [1.29, 1.82) is 0 Å². The molecule has 0 radical (unpaired) electrons. The fourth-order valence-electron chi connectivity index (χ4n) is 1.53. The Morgan fingerprint density at radius 1 is 1.44 bits per heavy atom. The topological polar surface area (TPSA) is 12.0 Å². The minimum Gasteiger partial charge on any atom is -0.309 e. The number of aryl methyl sites for hydroxylation is 1. The van der Waals surface area contributed by atoms with Gasteiger partial charge in [-0.1, -0.05) is 20.8 Å². The van der Waals surface area contributed by atoms with Gasteiger partial charge in [-0.15, -0.1) is 11.3 Å². The molecule has 0 aliphatic rings. The molecule has 0 saturated heterocycles. The molecule has 16 heavy (non-hydrogen) atoms. The summed E-state index contributed by atoms with van der Waals surface area (Å²) >= 11 is 3.89. The van der Waals surface area contributed by atoms with E-state index in [1.54, 1.807) is 0 Å². The van der Waals surface area contributed by atoms with Crippen molar-refractivity contribution >= 4 is 23.1 Å². The van der Waals surface area contributed by atoms with Crippen LogP contribution in [0, 0.1) is 6.92 Å². The summed E-state index contributed by atoms with van der Waals surface area (Å²) in [6.45, 7) is 10.0. The summed E-state index contributed by atoms with van der Waals surface area (Å²) in [5.74, 6) is 1.17. The van der Waals surface area contributed by atoms with Crippen molar-refractivity contribution in [2.24, 2.45) is 0 Å². The van der Waals surface area contributed by atoms with Gasteiger partial charge >= 0.3 is 0 Å². The Morgan fingerprint density at radius 2 is 2.19 bits per heavy atom. The van der Waals surface area contributed by atoms with E-state index in [9.17, 15) is 0 Å². The third kappa shape index (κ3) is 4.89. The van der Waals surface area contributed by atoms with Gasteiger partial charge in [0.1, 0.15) is 0 Å². The second-order valence-electron chi connectivity index (χ2n) is 4.38. The zero-order chi connectivity index (χ0) is 12.0. The zero-order valence-corrected chi connectivity index (χ0v) is 12.4. The minimum absolute atomic E-state index is 0.525. The maximum Gasteiger partial charge on any atom is 0.0420 e. The first-order chi connectivity index (χ1) is 7.63. The number of nitrogens with one attached hydrogen (secondary N) is 1. The van der Waals surface area contributed by atoms with Crippen molar-refractivity contribution in [3.05, 3.63) is 21.9 Å². The van der Waals surface area contributed by atoms with Gasteiger partial charge in [0.25, 0.3) is 0 Å². The van der Waals surface area contributed by atoms with E-state index in [2.05, 4.69) is 44.5 Å². The Bertz CT molecular complexity index is 294. The van der Waals surface area contributed by atoms with E-state index in [1.807, 2.05) is 23.1 Å². The van der Waals surface area contributed by atoms with Crippen LogP contribution < -0.4 is 5.32 Å². The number of rotatable bonds is 7. The molecular formula is C13H23NS2. The van der Waals surface area contributed by atoms with Crippen LogP contribution in [0.3, 0.4) is 0 Å². The summed E-state index contributed by atoms with van der Waals surface area (Å²) in [5, 5.41) is 6.65. The largest absolute Gasteiger partial charge is 0.309 e. The van der Waals surface area contributed by atoms with Gasteiger partial charge < -0.3 is 5.32 Å². The molecule has 0 spiro atoms. The van der Waals surface area contributed by atoms with Crippen LogP contribution in [0.15, 0.2) is 11.4 Å². The number of hydrogen-bond acceptors (Lipinski definition) is 3. The summed E-state index contributed by atoms with van der Waals surface area (Å²) in [6, 6.07) is 2.84. The smallest absolute Gasteiger partial charge is 0.0420 e. The van der Waals surface area contributed by atoms with Gasteiger partial charge in [-0.25, -0.2) is 0 Å². The van der Waals surface area contributed by atoms with E-state index in [1.165, 1.54) is 22.6 Å². The second-order valence-corrected chi connectivity index (χ2v) is 7.10. The molecule has 1 heterocycles. The van der Waals surface area contributed by atoms with Crippen molar-refractivity contribution in [2.45, 2.75) is 45.4 Å². The van der Waals surface area contributed by atoms with Crippen molar-refractivity contribution in [3.8, 4) is 0 Å². The number of thioether (sulfide) groups is 1. The molecule has 1 N–H and O–H groups in total. The van der Waals surface area contributed by atoms with E-state index >= 15 is 0 Å². The molecule has 1 unspecified atom stereocenters. The molecule has 0 aliphatic heterocycles. The van der Waals surface area contributed by atoms with Crippen LogP contribution in [0.4, 0.5) is 0 Å². The van der Waals surface area contributed by atoms with Gasteiger partial charge in [-0.2, -0.15) is 11.8 Å². The lowest BCUT2D eigenvalue weighted by Gasteiger charge is -2.18. The molecule has 0 fully saturated rings. The van der Waals surface area contributed by atoms with Gasteiger partial charge in [0.2, 0.25) is 0 Å². The van der Waals surface area contributed by atoms with Crippen LogP contribution in [-0.4, -0.2) is 17.5 Å².